The molecule has 0 spiro atoms. The molecule has 0 aliphatic heterocycles. The fourth-order valence-electron chi connectivity index (χ4n) is 3.70. The van der Waals surface area contributed by atoms with E-state index < -0.39 is 5.97 Å². The lowest BCUT2D eigenvalue weighted by Gasteiger charge is -2.29. The predicted octanol–water partition coefficient (Wildman–Crippen LogP) is 2.10. The summed E-state index contributed by atoms with van der Waals surface area (Å²) in [6, 6.07) is 7.28. The van der Waals surface area contributed by atoms with Crippen LogP contribution in [-0.2, 0) is 27.8 Å². The smallest absolute Gasteiger partial charge is 0.306 e. The third-order valence-corrected chi connectivity index (χ3v) is 5.45. The number of hydrogen-bond donors (Lipinski definition) is 1. The Labute approximate surface area is 164 Å². The van der Waals surface area contributed by atoms with Crippen molar-refractivity contribution < 1.29 is 14.3 Å². The van der Waals surface area contributed by atoms with Crippen LogP contribution in [0.5, 0.6) is 0 Å². The molecule has 1 aliphatic carbocycles. The number of rotatable bonds is 6. The van der Waals surface area contributed by atoms with Crippen LogP contribution in [0.4, 0.5) is 0 Å². The van der Waals surface area contributed by atoms with Gasteiger partial charge in [0, 0.05) is 19.5 Å². The Balaban J connectivity index is 1.50. The highest BCUT2D eigenvalue weighted by Gasteiger charge is 2.23. The van der Waals surface area contributed by atoms with Crippen molar-refractivity contribution in [3.05, 3.63) is 40.4 Å². The largest absolute Gasteiger partial charge is 0.456 e. The molecule has 0 saturated heterocycles. The van der Waals surface area contributed by atoms with Gasteiger partial charge in [0.05, 0.1) is 17.3 Å². The molecule has 150 valence electrons. The van der Waals surface area contributed by atoms with E-state index in [1.165, 1.54) is 11.0 Å². The molecular formula is C21H27N3O4. The zero-order valence-electron chi connectivity index (χ0n) is 16.4. The van der Waals surface area contributed by atoms with E-state index in [1.807, 2.05) is 6.07 Å². The number of hydrogen-bond acceptors (Lipinski definition) is 5. The molecule has 0 radical (unpaired) electrons. The van der Waals surface area contributed by atoms with Crippen molar-refractivity contribution >= 4 is 22.8 Å². The number of nitrogens with zero attached hydrogens (tertiary/aromatic N) is 2. The van der Waals surface area contributed by atoms with Gasteiger partial charge in [-0.25, -0.2) is 4.98 Å². The predicted molar refractivity (Wildman–Crippen MR) is 106 cm³/mol. The van der Waals surface area contributed by atoms with Crippen molar-refractivity contribution in [1.82, 2.24) is 14.9 Å². The van der Waals surface area contributed by atoms with Crippen LogP contribution < -0.4 is 10.9 Å². The summed E-state index contributed by atoms with van der Waals surface area (Å²) in [6.07, 6.45) is 4.74. The molecule has 0 unspecified atom stereocenters. The second-order valence-corrected chi connectivity index (χ2v) is 7.51. The van der Waals surface area contributed by atoms with E-state index >= 15 is 0 Å². The van der Waals surface area contributed by atoms with Crippen LogP contribution in [0, 0.1) is 5.92 Å². The van der Waals surface area contributed by atoms with Gasteiger partial charge in [-0.15, -0.1) is 0 Å². The van der Waals surface area contributed by atoms with Gasteiger partial charge in [-0.05, 0) is 30.9 Å². The van der Waals surface area contributed by atoms with E-state index in [9.17, 15) is 14.4 Å². The molecule has 1 heterocycles. The van der Waals surface area contributed by atoms with E-state index in [2.05, 4.69) is 17.2 Å². The molecule has 1 aromatic heterocycles. The number of nitrogens with one attached hydrogen (secondary N) is 1. The number of carbonyl (C=O) groups is 2. The van der Waals surface area contributed by atoms with Crippen molar-refractivity contribution in [3.8, 4) is 0 Å². The number of esters is 1. The highest BCUT2D eigenvalue weighted by atomic mass is 16.5. The molecule has 7 heteroatoms. The minimum atomic E-state index is -0.478. The first kappa shape index (κ1) is 20.0. The number of fused-ring (bicyclic) bond motifs is 1. The van der Waals surface area contributed by atoms with Crippen LogP contribution in [0.3, 0.4) is 0 Å². The number of carbonyl (C=O) groups excluding carboxylic acids is 2. The molecule has 7 nitrogen and oxygen atoms in total. The number of aryl methyl sites for hydroxylation is 1. The maximum absolute atomic E-state index is 12.4. The molecule has 2 aromatic rings. The second kappa shape index (κ2) is 8.99. The lowest BCUT2D eigenvalue weighted by Crippen LogP contribution is -2.42. The average molecular weight is 385 g/mol. The molecule has 2 atom stereocenters. The van der Waals surface area contributed by atoms with Crippen LogP contribution in [0.25, 0.3) is 10.9 Å². The van der Waals surface area contributed by atoms with Gasteiger partial charge in [-0.1, -0.05) is 31.9 Å². The minimum Gasteiger partial charge on any atom is -0.456 e. The lowest BCUT2D eigenvalue weighted by molar-refractivity contribution is -0.148. The summed E-state index contributed by atoms with van der Waals surface area (Å²) in [7, 11) is 1.64. The molecule has 1 aromatic carbocycles. The fraction of sp³-hybridized carbons (Fsp3) is 0.524. The van der Waals surface area contributed by atoms with Crippen LogP contribution in [-0.4, -0.2) is 34.1 Å². The zero-order chi connectivity index (χ0) is 20.1. The topological polar surface area (TPSA) is 90.3 Å². The van der Waals surface area contributed by atoms with Gasteiger partial charge in [-0.2, -0.15) is 0 Å². The number of ether oxygens (including phenoxy) is 1. The van der Waals surface area contributed by atoms with Crippen LogP contribution in [0.15, 0.2) is 29.1 Å². The first-order chi connectivity index (χ1) is 13.5. The molecule has 1 saturated carbocycles. The maximum Gasteiger partial charge on any atom is 0.306 e. The highest BCUT2D eigenvalue weighted by Crippen LogP contribution is 2.23. The Morgan fingerprint density at radius 2 is 2.00 bits per heavy atom. The lowest BCUT2D eigenvalue weighted by atomic mass is 9.86. The zero-order valence-corrected chi connectivity index (χ0v) is 16.4. The second-order valence-electron chi connectivity index (χ2n) is 7.51. The van der Waals surface area contributed by atoms with Gasteiger partial charge in [0.15, 0.2) is 6.61 Å². The van der Waals surface area contributed by atoms with E-state index in [0.29, 0.717) is 22.6 Å². The maximum atomic E-state index is 12.4. The van der Waals surface area contributed by atoms with Crippen LogP contribution in [0.1, 0.15) is 44.9 Å². The normalized spacial score (nSPS) is 19.4. The van der Waals surface area contributed by atoms with E-state index in [1.54, 1.807) is 25.2 Å². The Morgan fingerprint density at radius 3 is 2.79 bits per heavy atom. The number of para-hydroxylation sites is 1. The molecule has 1 fully saturated rings. The van der Waals surface area contributed by atoms with Gasteiger partial charge in [0.25, 0.3) is 11.5 Å². The van der Waals surface area contributed by atoms with E-state index in [4.69, 9.17) is 4.74 Å². The minimum absolute atomic E-state index is 0.0612. The van der Waals surface area contributed by atoms with Crippen LogP contribution >= 0.6 is 0 Å². The summed E-state index contributed by atoms with van der Waals surface area (Å²) >= 11 is 0. The Morgan fingerprint density at radius 1 is 1.25 bits per heavy atom. The quantitative estimate of drug-likeness (QED) is 0.769. The molecule has 3 rings (SSSR count). The molecule has 1 amide bonds. The Bertz CT molecular complexity index is 921. The molecule has 0 bridgehead atoms. The monoisotopic (exact) mass is 385 g/mol. The summed E-state index contributed by atoms with van der Waals surface area (Å²) in [6.45, 7) is 1.86. The Kier molecular flexibility index (Phi) is 6.44. The first-order valence-corrected chi connectivity index (χ1v) is 9.85. The summed E-state index contributed by atoms with van der Waals surface area (Å²) in [5.74, 6) is 0.229. The average Bonchev–Trinajstić information content (AvgIpc) is 2.70. The van der Waals surface area contributed by atoms with Crippen molar-refractivity contribution in [2.45, 2.75) is 51.5 Å². The molecular weight excluding hydrogens is 358 g/mol. The van der Waals surface area contributed by atoms with Crippen molar-refractivity contribution in [1.29, 1.82) is 0 Å². The first-order valence-electron chi connectivity index (χ1n) is 9.85. The van der Waals surface area contributed by atoms with Gasteiger partial charge in [0.1, 0.15) is 5.82 Å². The molecule has 1 N–H and O–H groups in total. The number of benzene rings is 1. The summed E-state index contributed by atoms with van der Waals surface area (Å²) in [4.78, 5) is 40.9. The number of aromatic nitrogens is 2. The van der Waals surface area contributed by atoms with Gasteiger partial charge in [0.2, 0.25) is 0 Å². The fourth-order valence-corrected chi connectivity index (χ4v) is 3.70. The van der Waals surface area contributed by atoms with Gasteiger partial charge >= 0.3 is 5.97 Å². The van der Waals surface area contributed by atoms with Crippen molar-refractivity contribution in [2.24, 2.45) is 13.0 Å². The Hall–Kier alpha value is -2.70. The third kappa shape index (κ3) is 4.77. The summed E-state index contributed by atoms with van der Waals surface area (Å²) in [5, 5.41) is 3.51. The van der Waals surface area contributed by atoms with Gasteiger partial charge in [-0.3, -0.25) is 19.0 Å². The van der Waals surface area contributed by atoms with E-state index in [-0.39, 0.29) is 37.0 Å². The number of amides is 1. The highest BCUT2D eigenvalue weighted by molar-refractivity contribution is 5.81. The van der Waals surface area contributed by atoms with Crippen LogP contribution in [0.2, 0.25) is 0 Å². The third-order valence-electron chi connectivity index (χ3n) is 5.45. The van der Waals surface area contributed by atoms with Gasteiger partial charge < -0.3 is 10.1 Å². The molecule has 1 aliphatic rings. The van der Waals surface area contributed by atoms with E-state index in [0.717, 1.165) is 19.3 Å². The summed E-state index contributed by atoms with van der Waals surface area (Å²) in [5.41, 5.74) is 0.463. The van der Waals surface area contributed by atoms with Crippen molar-refractivity contribution in [2.75, 3.05) is 6.61 Å². The molecule has 28 heavy (non-hydrogen) atoms. The van der Waals surface area contributed by atoms with Crippen molar-refractivity contribution in [3.63, 3.8) is 0 Å². The summed E-state index contributed by atoms with van der Waals surface area (Å²) < 4.78 is 6.54. The SMILES string of the molecule is C[C@@H]1CCCC[C@@H]1NC(=O)COC(=O)CCc1nc2ccccc2c(=O)n1C. The standard InChI is InChI=1S/C21H27N3O4/c1-14-7-3-5-9-16(14)23-19(25)13-28-20(26)12-11-18-22-17-10-6-4-8-15(17)21(27)24(18)2/h4,6,8,10,14,16H,3,5,7,9,11-13H2,1-2H3,(H,23,25)/t14-,16+/m1/s1.